The molecule has 1 aromatic heterocycles. The average Bonchev–Trinajstić information content (AvgIpc) is 2.37. The van der Waals surface area contributed by atoms with Crippen molar-refractivity contribution in [2.75, 3.05) is 24.2 Å². The zero-order valence-electron chi connectivity index (χ0n) is 11.7. The molecule has 1 saturated carbocycles. The summed E-state index contributed by atoms with van der Waals surface area (Å²) >= 11 is 0. The maximum Gasteiger partial charge on any atom is 0.132 e. The lowest BCUT2D eigenvalue weighted by molar-refractivity contribution is 0.145. The summed E-state index contributed by atoms with van der Waals surface area (Å²) in [4.78, 5) is 8.94. The van der Waals surface area contributed by atoms with E-state index in [2.05, 4.69) is 34.4 Å². The molecule has 2 N–H and O–H groups in total. The number of hydrogen-bond acceptors (Lipinski definition) is 4. The van der Waals surface area contributed by atoms with E-state index >= 15 is 0 Å². The first kappa shape index (κ1) is 13.1. The highest BCUT2D eigenvalue weighted by Gasteiger charge is 2.34. The summed E-state index contributed by atoms with van der Waals surface area (Å²) in [7, 11) is 1.89. The van der Waals surface area contributed by atoms with Crippen molar-refractivity contribution >= 4 is 11.6 Å². The Morgan fingerprint density at radius 1 is 1.22 bits per heavy atom. The van der Waals surface area contributed by atoms with Crippen molar-refractivity contribution in [3.8, 4) is 0 Å². The van der Waals surface area contributed by atoms with Gasteiger partial charge in [-0.15, -0.1) is 0 Å². The monoisotopic (exact) mass is 248 g/mol. The van der Waals surface area contributed by atoms with E-state index in [0.717, 1.165) is 30.4 Å². The van der Waals surface area contributed by atoms with Gasteiger partial charge >= 0.3 is 0 Å². The third-order valence-electron chi connectivity index (χ3n) is 4.15. The summed E-state index contributed by atoms with van der Waals surface area (Å²) in [6.07, 6.45) is 6.19. The van der Waals surface area contributed by atoms with Crippen LogP contribution in [0.2, 0.25) is 0 Å². The first-order valence-electron chi connectivity index (χ1n) is 7.01. The van der Waals surface area contributed by atoms with Crippen LogP contribution in [0.25, 0.3) is 0 Å². The third kappa shape index (κ3) is 2.74. The molecule has 18 heavy (non-hydrogen) atoms. The smallest absolute Gasteiger partial charge is 0.132 e. The zero-order chi connectivity index (χ0) is 13.0. The van der Waals surface area contributed by atoms with Crippen molar-refractivity contribution in [1.29, 1.82) is 0 Å². The van der Waals surface area contributed by atoms with Gasteiger partial charge in [0.1, 0.15) is 17.5 Å². The number of hydrogen-bond donors (Lipinski definition) is 2. The predicted octanol–water partition coefficient (Wildman–Crippen LogP) is 3.07. The zero-order valence-corrected chi connectivity index (χ0v) is 11.7. The fourth-order valence-electron chi connectivity index (χ4n) is 2.48. The molecule has 0 unspecified atom stereocenters. The molecule has 1 aromatic rings. The summed E-state index contributed by atoms with van der Waals surface area (Å²) in [6, 6.07) is 1.99. The fourth-order valence-corrected chi connectivity index (χ4v) is 2.48. The number of aryl methyl sites for hydroxylation is 1. The van der Waals surface area contributed by atoms with Crippen LogP contribution < -0.4 is 10.6 Å². The molecule has 1 aliphatic carbocycles. The molecule has 1 fully saturated rings. The molecule has 0 saturated heterocycles. The molecule has 0 aromatic carbocycles. The molecule has 100 valence electrons. The Hall–Kier alpha value is -1.32. The lowest BCUT2D eigenvalue weighted by atomic mass is 9.67. The molecule has 1 aliphatic rings. The van der Waals surface area contributed by atoms with Crippen LogP contribution in [0.1, 0.15) is 45.4 Å². The minimum atomic E-state index is 0.511. The van der Waals surface area contributed by atoms with E-state index in [1.54, 1.807) is 0 Å². The molecular weight excluding hydrogens is 224 g/mol. The molecule has 0 aliphatic heterocycles. The molecule has 0 bridgehead atoms. The third-order valence-corrected chi connectivity index (χ3v) is 4.15. The van der Waals surface area contributed by atoms with E-state index in [9.17, 15) is 0 Å². The van der Waals surface area contributed by atoms with Gasteiger partial charge in [0, 0.05) is 26.1 Å². The second kappa shape index (κ2) is 5.55. The fraction of sp³-hybridized carbons (Fsp3) is 0.714. The van der Waals surface area contributed by atoms with Crippen LogP contribution in [0, 0.1) is 5.41 Å². The van der Waals surface area contributed by atoms with Gasteiger partial charge in [0.05, 0.1) is 0 Å². The highest BCUT2D eigenvalue weighted by atomic mass is 15.1. The SMILES string of the molecule is CCc1nc(NC)cc(NCC2(CC)CCC2)n1. The lowest BCUT2D eigenvalue weighted by Gasteiger charge is -2.41. The van der Waals surface area contributed by atoms with E-state index in [-0.39, 0.29) is 0 Å². The Balaban J connectivity index is 2.04. The standard InChI is InChI=1S/C14H24N4/c1-4-11-17-12(15-3)9-13(18-11)16-10-14(5-2)7-6-8-14/h9H,4-8,10H2,1-3H3,(H2,15,16,17,18). The van der Waals surface area contributed by atoms with Gasteiger partial charge in [-0.25, -0.2) is 9.97 Å². The van der Waals surface area contributed by atoms with Gasteiger partial charge in [-0.2, -0.15) is 0 Å². The average molecular weight is 248 g/mol. The highest BCUT2D eigenvalue weighted by Crippen LogP contribution is 2.43. The van der Waals surface area contributed by atoms with Crippen LogP contribution in [0.15, 0.2) is 6.07 Å². The van der Waals surface area contributed by atoms with Gasteiger partial charge in [-0.1, -0.05) is 20.3 Å². The number of nitrogens with one attached hydrogen (secondary N) is 2. The van der Waals surface area contributed by atoms with Crippen LogP contribution in [0.5, 0.6) is 0 Å². The van der Waals surface area contributed by atoms with E-state index in [0.29, 0.717) is 5.41 Å². The summed E-state index contributed by atoms with van der Waals surface area (Å²) in [6.45, 7) is 5.40. The number of nitrogens with zero attached hydrogens (tertiary/aromatic N) is 2. The Labute approximate surface area is 110 Å². The Kier molecular flexibility index (Phi) is 4.04. The van der Waals surface area contributed by atoms with Crippen LogP contribution in [0.4, 0.5) is 11.6 Å². The van der Waals surface area contributed by atoms with Crippen molar-refractivity contribution in [3.05, 3.63) is 11.9 Å². The van der Waals surface area contributed by atoms with Gasteiger partial charge in [-0.05, 0) is 24.7 Å². The largest absolute Gasteiger partial charge is 0.373 e. The van der Waals surface area contributed by atoms with Gasteiger partial charge < -0.3 is 10.6 Å². The second-order valence-electron chi connectivity index (χ2n) is 5.22. The Morgan fingerprint density at radius 2 is 1.94 bits per heavy atom. The van der Waals surface area contributed by atoms with Gasteiger partial charge in [0.15, 0.2) is 0 Å². The quantitative estimate of drug-likeness (QED) is 0.812. The second-order valence-corrected chi connectivity index (χ2v) is 5.22. The van der Waals surface area contributed by atoms with Crippen molar-refractivity contribution in [2.45, 2.75) is 46.0 Å². The van der Waals surface area contributed by atoms with Crippen LogP contribution in [-0.2, 0) is 6.42 Å². The van der Waals surface area contributed by atoms with Crippen LogP contribution in [-0.4, -0.2) is 23.6 Å². The van der Waals surface area contributed by atoms with Crippen molar-refractivity contribution in [2.24, 2.45) is 5.41 Å². The number of rotatable bonds is 6. The summed E-state index contributed by atoms with van der Waals surface area (Å²) in [5, 5.41) is 6.59. The molecule has 0 radical (unpaired) electrons. The molecule has 4 nitrogen and oxygen atoms in total. The van der Waals surface area contributed by atoms with Gasteiger partial charge in [-0.3, -0.25) is 0 Å². The molecule has 0 amide bonds. The first-order chi connectivity index (χ1) is 8.71. The summed E-state index contributed by atoms with van der Waals surface area (Å²) in [5.74, 6) is 2.73. The Bertz CT molecular complexity index is 371. The molecule has 0 spiro atoms. The first-order valence-corrected chi connectivity index (χ1v) is 7.01. The summed E-state index contributed by atoms with van der Waals surface area (Å²) in [5.41, 5.74) is 0.511. The molecule has 1 heterocycles. The number of aromatic nitrogens is 2. The van der Waals surface area contributed by atoms with Crippen molar-refractivity contribution in [3.63, 3.8) is 0 Å². The minimum Gasteiger partial charge on any atom is -0.373 e. The van der Waals surface area contributed by atoms with E-state index in [1.807, 2.05) is 13.1 Å². The maximum atomic E-state index is 4.53. The molecule has 4 heteroatoms. The predicted molar refractivity (Wildman–Crippen MR) is 76.0 cm³/mol. The normalized spacial score (nSPS) is 17.1. The lowest BCUT2D eigenvalue weighted by Crippen LogP contribution is -2.36. The molecule has 0 atom stereocenters. The van der Waals surface area contributed by atoms with E-state index in [4.69, 9.17) is 0 Å². The van der Waals surface area contributed by atoms with Gasteiger partial charge in [0.25, 0.3) is 0 Å². The van der Waals surface area contributed by atoms with E-state index in [1.165, 1.54) is 25.7 Å². The minimum absolute atomic E-state index is 0.511. The Morgan fingerprint density at radius 3 is 2.44 bits per heavy atom. The summed E-state index contributed by atoms with van der Waals surface area (Å²) < 4.78 is 0. The van der Waals surface area contributed by atoms with Crippen molar-refractivity contribution < 1.29 is 0 Å². The van der Waals surface area contributed by atoms with Crippen LogP contribution in [0.3, 0.4) is 0 Å². The number of anilines is 2. The topological polar surface area (TPSA) is 49.8 Å². The van der Waals surface area contributed by atoms with Crippen LogP contribution >= 0.6 is 0 Å². The molecular formula is C14H24N4. The molecule has 2 rings (SSSR count). The van der Waals surface area contributed by atoms with Crippen molar-refractivity contribution in [1.82, 2.24) is 9.97 Å². The maximum absolute atomic E-state index is 4.53. The van der Waals surface area contributed by atoms with E-state index < -0.39 is 0 Å². The van der Waals surface area contributed by atoms with Gasteiger partial charge in [0.2, 0.25) is 0 Å². The highest BCUT2D eigenvalue weighted by molar-refractivity contribution is 5.47.